The Morgan fingerprint density at radius 3 is 2.62 bits per heavy atom. The minimum absolute atomic E-state index is 0.120. The molecule has 0 aromatic carbocycles. The molecule has 0 saturated carbocycles. The Morgan fingerprint density at radius 1 is 1.50 bits per heavy atom. The van der Waals surface area contributed by atoms with E-state index in [9.17, 15) is 8.42 Å². The third kappa shape index (κ3) is 3.54. The molecular weight excluding hydrogens is 292 g/mol. The Labute approximate surface area is 105 Å². The average Bonchev–Trinajstić information content (AvgIpc) is 2.27. The summed E-state index contributed by atoms with van der Waals surface area (Å²) in [6.07, 6.45) is 2.89. The van der Waals surface area contributed by atoms with Gasteiger partial charge in [0, 0.05) is 23.8 Å². The maximum absolute atomic E-state index is 11.9. The largest absolute Gasteiger partial charge is 0.263 e. The van der Waals surface area contributed by atoms with Crippen LogP contribution in [0.5, 0.6) is 0 Å². The van der Waals surface area contributed by atoms with Gasteiger partial charge in [0.05, 0.1) is 0 Å². The lowest BCUT2D eigenvalue weighted by Crippen LogP contribution is -2.39. The lowest BCUT2D eigenvalue weighted by atomic mass is 10.1. The summed E-state index contributed by atoms with van der Waals surface area (Å²) >= 11 is 3.30. The fraction of sp³-hybridized carbons (Fsp3) is 0.500. The smallest absolute Gasteiger partial charge is 0.242 e. The van der Waals surface area contributed by atoms with Crippen molar-refractivity contribution >= 4 is 26.0 Å². The van der Waals surface area contributed by atoms with Crippen molar-refractivity contribution in [1.82, 2.24) is 9.71 Å². The molecule has 0 amide bonds. The van der Waals surface area contributed by atoms with Crippen molar-refractivity contribution in [3.63, 3.8) is 0 Å². The molecule has 6 heteroatoms. The summed E-state index contributed by atoms with van der Waals surface area (Å²) in [5.41, 5.74) is 0. The average molecular weight is 307 g/mol. The van der Waals surface area contributed by atoms with Crippen LogP contribution in [0.4, 0.5) is 0 Å². The molecule has 0 aliphatic rings. The lowest BCUT2D eigenvalue weighted by molar-refractivity contribution is 0.483. The van der Waals surface area contributed by atoms with Crippen LogP contribution in [-0.2, 0) is 10.0 Å². The SMILES string of the molecule is CC(C)C(CBr)NS(=O)(=O)c1cccnc1. The number of hydrogen-bond acceptors (Lipinski definition) is 3. The van der Waals surface area contributed by atoms with Gasteiger partial charge in [0.2, 0.25) is 10.0 Å². The van der Waals surface area contributed by atoms with Crippen LogP contribution in [0.3, 0.4) is 0 Å². The highest BCUT2D eigenvalue weighted by atomic mass is 79.9. The molecule has 1 rings (SSSR count). The van der Waals surface area contributed by atoms with E-state index in [-0.39, 0.29) is 16.9 Å². The van der Waals surface area contributed by atoms with Crippen LogP contribution < -0.4 is 4.72 Å². The minimum atomic E-state index is -3.46. The summed E-state index contributed by atoms with van der Waals surface area (Å²) < 4.78 is 26.5. The van der Waals surface area contributed by atoms with E-state index in [0.29, 0.717) is 5.33 Å². The number of rotatable bonds is 5. The van der Waals surface area contributed by atoms with Crippen LogP contribution in [0, 0.1) is 5.92 Å². The second-order valence-corrected chi connectivity index (χ2v) is 6.18. The summed E-state index contributed by atoms with van der Waals surface area (Å²) in [7, 11) is -3.46. The first-order chi connectivity index (χ1) is 7.47. The van der Waals surface area contributed by atoms with E-state index >= 15 is 0 Å². The monoisotopic (exact) mass is 306 g/mol. The minimum Gasteiger partial charge on any atom is -0.263 e. The molecule has 0 spiro atoms. The maximum atomic E-state index is 11.9. The Hall–Kier alpha value is -0.460. The van der Waals surface area contributed by atoms with Gasteiger partial charge in [-0.2, -0.15) is 0 Å². The molecule has 1 atom stereocenters. The van der Waals surface area contributed by atoms with Crippen LogP contribution in [0.15, 0.2) is 29.4 Å². The van der Waals surface area contributed by atoms with Gasteiger partial charge in [-0.25, -0.2) is 13.1 Å². The number of nitrogens with zero attached hydrogens (tertiary/aromatic N) is 1. The molecule has 1 aromatic rings. The number of hydrogen-bond donors (Lipinski definition) is 1. The van der Waals surface area contributed by atoms with E-state index in [1.807, 2.05) is 13.8 Å². The Bertz CT molecular complexity index is 420. The van der Waals surface area contributed by atoms with Crippen molar-refractivity contribution in [3.05, 3.63) is 24.5 Å². The van der Waals surface area contributed by atoms with Gasteiger partial charge < -0.3 is 0 Å². The van der Waals surface area contributed by atoms with E-state index in [2.05, 4.69) is 25.6 Å². The van der Waals surface area contributed by atoms with E-state index < -0.39 is 10.0 Å². The van der Waals surface area contributed by atoms with Gasteiger partial charge in [-0.15, -0.1) is 0 Å². The first kappa shape index (κ1) is 13.6. The van der Waals surface area contributed by atoms with E-state index in [0.717, 1.165) is 0 Å². The highest BCUT2D eigenvalue weighted by molar-refractivity contribution is 9.09. The molecule has 16 heavy (non-hydrogen) atoms. The fourth-order valence-electron chi connectivity index (χ4n) is 1.12. The molecule has 0 radical (unpaired) electrons. The predicted octanol–water partition coefficient (Wildman–Crippen LogP) is 1.78. The van der Waals surface area contributed by atoms with Gasteiger partial charge >= 0.3 is 0 Å². The zero-order valence-corrected chi connectivity index (χ0v) is 11.6. The van der Waals surface area contributed by atoms with Crippen molar-refractivity contribution in [2.75, 3.05) is 5.33 Å². The second kappa shape index (κ2) is 5.75. The number of alkyl halides is 1. The summed E-state index contributed by atoms with van der Waals surface area (Å²) in [5.74, 6) is 0.228. The van der Waals surface area contributed by atoms with Gasteiger partial charge in [0.1, 0.15) is 4.90 Å². The van der Waals surface area contributed by atoms with Gasteiger partial charge in [-0.1, -0.05) is 29.8 Å². The molecule has 1 heterocycles. The van der Waals surface area contributed by atoms with Crippen LogP contribution in [0.25, 0.3) is 0 Å². The van der Waals surface area contributed by atoms with Crippen molar-refractivity contribution in [1.29, 1.82) is 0 Å². The Kier molecular flexibility index (Phi) is 4.89. The Balaban J connectivity index is 2.88. The fourth-order valence-corrected chi connectivity index (χ4v) is 3.59. The number of halogens is 1. The molecule has 4 nitrogen and oxygen atoms in total. The molecule has 1 unspecified atom stereocenters. The summed E-state index contributed by atoms with van der Waals surface area (Å²) in [5, 5.41) is 0.587. The number of aromatic nitrogens is 1. The number of sulfonamides is 1. The van der Waals surface area contributed by atoms with Crippen molar-refractivity contribution < 1.29 is 8.42 Å². The van der Waals surface area contributed by atoms with Crippen LogP contribution in [0.2, 0.25) is 0 Å². The molecular formula is C10H15BrN2O2S. The predicted molar refractivity (Wildman–Crippen MR) is 67.0 cm³/mol. The van der Waals surface area contributed by atoms with Crippen molar-refractivity contribution in [2.24, 2.45) is 5.92 Å². The zero-order chi connectivity index (χ0) is 12.2. The van der Waals surface area contributed by atoms with Gasteiger partial charge in [-0.05, 0) is 18.1 Å². The van der Waals surface area contributed by atoms with Crippen molar-refractivity contribution in [2.45, 2.75) is 24.8 Å². The Morgan fingerprint density at radius 2 is 2.19 bits per heavy atom. The standard InChI is InChI=1S/C10H15BrN2O2S/c1-8(2)10(6-11)13-16(14,15)9-4-3-5-12-7-9/h3-5,7-8,10,13H,6H2,1-2H3. The van der Waals surface area contributed by atoms with Crippen LogP contribution in [0.1, 0.15) is 13.8 Å². The molecule has 0 aliphatic carbocycles. The number of nitrogens with one attached hydrogen (secondary N) is 1. The quantitative estimate of drug-likeness (QED) is 0.844. The van der Waals surface area contributed by atoms with Crippen molar-refractivity contribution in [3.8, 4) is 0 Å². The highest BCUT2D eigenvalue weighted by Crippen LogP contribution is 2.11. The third-order valence-electron chi connectivity index (χ3n) is 2.22. The summed E-state index contributed by atoms with van der Waals surface area (Å²) in [6, 6.07) is 3.01. The van der Waals surface area contributed by atoms with Crippen LogP contribution in [-0.4, -0.2) is 24.8 Å². The number of pyridine rings is 1. The topological polar surface area (TPSA) is 59.1 Å². The molecule has 90 valence electrons. The van der Waals surface area contributed by atoms with E-state index in [4.69, 9.17) is 0 Å². The van der Waals surface area contributed by atoms with Gasteiger partial charge in [0.15, 0.2) is 0 Å². The van der Waals surface area contributed by atoms with E-state index in [1.165, 1.54) is 12.3 Å². The first-order valence-electron chi connectivity index (χ1n) is 4.95. The van der Waals surface area contributed by atoms with Gasteiger partial charge in [-0.3, -0.25) is 4.98 Å². The maximum Gasteiger partial charge on any atom is 0.242 e. The second-order valence-electron chi connectivity index (χ2n) is 3.81. The van der Waals surface area contributed by atoms with Crippen LogP contribution >= 0.6 is 15.9 Å². The van der Waals surface area contributed by atoms with E-state index in [1.54, 1.807) is 12.3 Å². The molecule has 0 bridgehead atoms. The lowest BCUT2D eigenvalue weighted by Gasteiger charge is -2.19. The molecule has 1 aromatic heterocycles. The first-order valence-corrected chi connectivity index (χ1v) is 7.56. The molecule has 0 saturated heterocycles. The summed E-state index contributed by atoms with van der Waals surface area (Å²) in [6.45, 7) is 3.94. The molecule has 1 N–H and O–H groups in total. The highest BCUT2D eigenvalue weighted by Gasteiger charge is 2.21. The molecule has 0 aliphatic heterocycles. The third-order valence-corrected chi connectivity index (χ3v) is 4.39. The zero-order valence-electron chi connectivity index (χ0n) is 9.22. The summed E-state index contributed by atoms with van der Waals surface area (Å²) in [4.78, 5) is 3.99. The van der Waals surface area contributed by atoms with Gasteiger partial charge in [0.25, 0.3) is 0 Å². The molecule has 0 fully saturated rings. The normalized spacial score (nSPS) is 14.0.